The number of alkyl halides is 3. The maximum Gasteiger partial charge on any atom is 0.419 e. The minimum atomic E-state index is -4.85. The zero-order valence-electron chi connectivity index (χ0n) is 10.1. The Hall–Kier alpha value is -1.59. The summed E-state index contributed by atoms with van der Waals surface area (Å²) in [6, 6.07) is 2.00. The Morgan fingerprint density at radius 2 is 1.72 bits per heavy atom. The van der Waals surface area contributed by atoms with Gasteiger partial charge in [0.15, 0.2) is 0 Å². The fourth-order valence-electron chi connectivity index (χ4n) is 1.21. The molecule has 1 rings (SSSR count). The number of benzene rings is 1. The largest absolute Gasteiger partial charge is 0.456 e. The molecular formula is C12H12F4O2. The van der Waals surface area contributed by atoms with Crippen molar-refractivity contribution in [3.63, 3.8) is 0 Å². The predicted molar refractivity (Wildman–Crippen MR) is 56.6 cm³/mol. The van der Waals surface area contributed by atoms with Crippen LogP contribution in [0.4, 0.5) is 17.6 Å². The molecule has 0 fully saturated rings. The molecule has 100 valence electrons. The summed E-state index contributed by atoms with van der Waals surface area (Å²) < 4.78 is 55.2. The zero-order chi connectivity index (χ0) is 14.1. The second kappa shape index (κ2) is 4.59. The van der Waals surface area contributed by atoms with Crippen molar-refractivity contribution in [2.75, 3.05) is 0 Å². The number of hydrogen-bond acceptors (Lipinski definition) is 2. The van der Waals surface area contributed by atoms with Crippen molar-refractivity contribution in [1.82, 2.24) is 0 Å². The van der Waals surface area contributed by atoms with Gasteiger partial charge in [-0.3, -0.25) is 0 Å². The molecule has 0 atom stereocenters. The molecule has 0 saturated carbocycles. The zero-order valence-corrected chi connectivity index (χ0v) is 10.1. The van der Waals surface area contributed by atoms with E-state index in [1.54, 1.807) is 20.8 Å². The van der Waals surface area contributed by atoms with Crippen LogP contribution in [0.15, 0.2) is 18.2 Å². The molecule has 0 amide bonds. The molecule has 2 nitrogen and oxygen atoms in total. The van der Waals surface area contributed by atoms with E-state index in [2.05, 4.69) is 0 Å². The molecule has 0 aliphatic heterocycles. The molecule has 0 aliphatic rings. The molecule has 1 aromatic rings. The van der Waals surface area contributed by atoms with Gasteiger partial charge in [-0.1, -0.05) is 0 Å². The number of carbonyl (C=O) groups excluding carboxylic acids is 1. The molecule has 6 heteroatoms. The lowest BCUT2D eigenvalue weighted by molar-refractivity contribution is -0.140. The first-order valence-electron chi connectivity index (χ1n) is 5.11. The van der Waals surface area contributed by atoms with Gasteiger partial charge in [-0.15, -0.1) is 0 Å². The van der Waals surface area contributed by atoms with E-state index < -0.39 is 29.1 Å². The molecule has 0 aromatic heterocycles. The van der Waals surface area contributed by atoms with E-state index in [-0.39, 0.29) is 5.56 Å². The van der Waals surface area contributed by atoms with Crippen LogP contribution in [0.25, 0.3) is 0 Å². The standard InChI is InChI=1S/C12H12F4O2/c1-11(2,3)18-10(17)7-4-5-9(13)8(6-7)12(14,15)16/h4-6H,1-3H3. The number of rotatable bonds is 1. The summed E-state index contributed by atoms with van der Waals surface area (Å²) in [7, 11) is 0. The molecule has 0 N–H and O–H groups in total. The van der Waals surface area contributed by atoms with Crippen LogP contribution in [0.2, 0.25) is 0 Å². The minimum Gasteiger partial charge on any atom is -0.456 e. The van der Waals surface area contributed by atoms with Crippen LogP contribution < -0.4 is 0 Å². The van der Waals surface area contributed by atoms with Gasteiger partial charge < -0.3 is 4.74 Å². The smallest absolute Gasteiger partial charge is 0.419 e. The maximum absolute atomic E-state index is 13.0. The van der Waals surface area contributed by atoms with Crippen molar-refractivity contribution in [3.05, 3.63) is 35.1 Å². The first kappa shape index (κ1) is 14.5. The number of ether oxygens (including phenoxy) is 1. The summed E-state index contributed by atoms with van der Waals surface area (Å²) in [4.78, 5) is 11.5. The summed E-state index contributed by atoms with van der Waals surface area (Å²) in [5.41, 5.74) is -2.64. The highest BCUT2D eigenvalue weighted by molar-refractivity contribution is 5.89. The van der Waals surface area contributed by atoms with Crippen molar-refractivity contribution in [3.8, 4) is 0 Å². The molecule has 0 spiro atoms. The molecule has 1 aromatic carbocycles. The van der Waals surface area contributed by atoms with E-state index in [0.29, 0.717) is 12.1 Å². The van der Waals surface area contributed by atoms with E-state index in [0.717, 1.165) is 6.07 Å². The second-order valence-corrected chi connectivity index (χ2v) is 4.69. The Morgan fingerprint density at radius 3 is 2.17 bits per heavy atom. The minimum absolute atomic E-state index is 0.335. The van der Waals surface area contributed by atoms with Gasteiger partial charge in [-0.05, 0) is 39.0 Å². The maximum atomic E-state index is 13.0. The summed E-state index contributed by atoms with van der Waals surface area (Å²) in [5.74, 6) is -2.34. The van der Waals surface area contributed by atoms with Crippen LogP contribution >= 0.6 is 0 Å². The lowest BCUT2D eigenvalue weighted by Gasteiger charge is -2.19. The van der Waals surface area contributed by atoms with Crippen molar-refractivity contribution < 1.29 is 27.1 Å². The highest BCUT2D eigenvalue weighted by Crippen LogP contribution is 2.32. The van der Waals surface area contributed by atoms with E-state index in [1.165, 1.54) is 0 Å². The average Bonchev–Trinajstić information content (AvgIpc) is 2.13. The van der Waals surface area contributed by atoms with Gasteiger partial charge in [0.25, 0.3) is 0 Å². The highest BCUT2D eigenvalue weighted by atomic mass is 19.4. The molecule has 0 aliphatic carbocycles. The normalized spacial score (nSPS) is 12.4. The average molecular weight is 264 g/mol. The number of hydrogen-bond donors (Lipinski definition) is 0. The Morgan fingerprint density at radius 1 is 1.17 bits per heavy atom. The molecule has 0 saturated heterocycles. The summed E-state index contributed by atoms with van der Waals surface area (Å²) >= 11 is 0. The SMILES string of the molecule is CC(C)(C)OC(=O)c1ccc(F)c(C(F)(F)F)c1. The lowest BCUT2D eigenvalue weighted by atomic mass is 10.1. The number of halogens is 4. The van der Waals surface area contributed by atoms with Crippen LogP contribution in [0, 0.1) is 5.82 Å². The van der Waals surface area contributed by atoms with Gasteiger partial charge in [-0.25, -0.2) is 9.18 Å². The molecule has 0 heterocycles. The van der Waals surface area contributed by atoms with Crippen LogP contribution in [0.5, 0.6) is 0 Å². The topological polar surface area (TPSA) is 26.3 Å². The lowest BCUT2D eigenvalue weighted by Crippen LogP contribution is -2.24. The highest BCUT2D eigenvalue weighted by Gasteiger charge is 2.35. The fraction of sp³-hybridized carbons (Fsp3) is 0.417. The first-order chi connectivity index (χ1) is 8.00. The predicted octanol–water partition coefficient (Wildman–Crippen LogP) is 3.80. The van der Waals surface area contributed by atoms with Crippen LogP contribution in [0.1, 0.15) is 36.7 Å². The van der Waals surface area contributed by atoms with Crippen molar-refractivity contribution >= 4 is 5.97 Å². The van der Waals surface area contributed by atoms with Crippen molar-refractivity contribution in [2.45, 2.75) is 32.5 Å². The Kier molecular flexibility index (Phi) is 3.69. The summed E-state index contributed by atoms with van der Waals surface area (Å²) in [6.07, 6.45) is -4.85. The third-order valence-electron chi connectivity index (χ3n) is 1.91. The Bertz CT molecular complexity index is 458. The van der Waals surface area contributed by atoms with E-state index in [9.17, 15) is 22.4 Å². The molecule has 18 heavy (non-hydrogen) atoms. The molecular weight excluding hydrogens is 252 g/mol. The van der Waals surface area contributed by atoms with Crippen LogP contribution in [-0.4, -0.2) is 11.6 Å². The first-order valence-corrected chi connectivity index (χ1v) is 5.11. The Balaban J connectivity index is 3.10. The third-order valence-corrected chi connectivity index (χ3v) is 1.91. The summed E-state index contributed by atoms with van der Waals surface area (Å²) in [5, 5.41) is 0. The number of esters is 1. The number of carbonyl (C=O) groups is 1. The monoisotopic (exact) mass is 264 g/mol. The molecule has 0 radical (unpaired) electrons. The van der Waals surface area contributed by atoms with E-state index in [1.807, 2.05) is 0 Å². The van der Waals surface area contributed by atoms with Gasteiger partial charge in [0.2, 0.25) is 0 Å². The van der Waals surface area contributed by atoms with E-state index in [4.69, 9.17) is 4.74 Å². The second-order valence-electron chi connectivity index (χ2n) is 4.69. The van der Waals surface area contributed by atoms with Crippen LogP contribution in [-0.2, 0) is 10.9 Å². The van der Waals surface area contributed by atoms with Crippen molar-refractivity contribution in [1.29, 1.82) is 0 Å². The van der Waals surface area contributed by atoms with E-state index >= 15 is 0 Å². The van der Waals surface area contributed by atoms with Gasteiger partial charge in [0.05, 0.1) is 11.1 Å². The fourth-order valence-corrected chi connectivity index (χ4v) is 1.21. The van der Waals surface area contributed by atoms with Gasteiger partial charge in [0.1, 0.15) is 11.4 Å². The van der Waals surface area contributed by atoms with Crippen molar-refractivity contribution in [2.24, 2.45) is 0 Å². The third kappa shape index (κ3) is 3.72. The molecule has 0 bridgehead atoms. The van der Waals surface area contributed by atoms with Crippen LogP contribution in [0.3, 0.4) is 0 Å². The quantitative estimate of drug-likeness (QED) is 0.569. The Labute approximate surface area is 102 Å². The van der Waals surface area contributed by atoms with Gasteiger partial charge in [0, 0.05) is 0 Å². The van der Waals surface area contributed by atoms with Gasteiger partial charge in [-0.2, -0.15) is 13.2 Å². The van der Waals surface area contributed by atoms with Gasteiger partial charge >= 0.3 is 12.1 Å². The summed E-state index contributed by atoms with van der Waals surface area (Å²) in [6.45, 7) is 4.75. The molecule has 0 unspecified atom stereocenters.